The van der Waals surface area contributed by atoms with Crippen LogP contribution < -0.4 is 5.32 Å². The van der Waals surface area contributed by atoms with E-state index in [1.54, 1.807) is 0 Å². The van der Waals surface area contributed by atoms with Crippen molar-refractivity contribution in [2.75, 3.05) is 39.4 Å². The maximum Gasteiger partial charge on any atom is 0.0593 e. The molecule has 1 atom stereocenters. The van der Waals surface area contributed by atoms with Gasteiger partial charge >= 0.3 is 0 Å². The molecular formula is C11H24N2O. The smallest absolute Gasteiger partial charge is 0.0593 e. The van der Waals surface area contributed by atoms with Crippen LogP contribution in [0.1, 0.15) is 26.7 Å². The molecule has 1 aliphatic heterocycles. The number of piperazine rings is 1. The third-order valence-corrected chi connectivity index (χ3v) is 2.80. The number of nitrogens with zero attached hydrogens (tertiary/aromatic N) is 1. The normalized spacial score (nSPS) is 24.0. The van der Waals surface area contributed by atoms with Crippen LogP contribution in [0.3, 0.4) is 0 Å². The lowest BCUT2D eigenvalue weighted by atomic mass is 10.2. The van der Waals surface area contributed by atoms with Crippen molar-refractivity contribution >= 4 is 0 Å². The molecule has 0 unspecified atom stereocenters. The zero-order chi connectivity index (χ0) is 10.2. The predicted octanol–water partition coefficient (Wildman–Crippen LogP) is 1.10. The summed E-state index contributed by atoms with van der Waals surface area (Å²) in [5, 5.41) is 3.39. The van der Waals surface area contributed by atoms with Crippen molar-refractivity contribution in [1.29, 1.82) is 0 Å². The number of hydrogen-bond donors (Lipinski definition) is 1. The third-order valence-electron chi connectivity index (χ3n) is 2.80. The minimum Gasteiger partial charge on any atom is -0.380 e. The molecule has 3 heteroatoms. The molecule has 0 aliphatic carbocycles. The molecule has 3 nitrogen and oxygen atoms in total. The van der Waals surface area contributed by atoms with E-state index < -0.39 is 0 Å². The topological polar surface area (TPSA) is 24.5 Å². The molecule has 0 amide bonds. The lowest BCUT2D eigenvalue weighted by molar-refractivity contribution is 0.0797. The van der Waals surface area contributed by atoms with Crippen LogP contribution in [-0.2, 0) is 4.74 Å². The van der Waals surface area contributed by atoms with Crippen LogP contribution >= 0.6 is 0 Å². The molecule has 1 aliphatic rings. The van der Waals surface area contributed by atoms with Crippen LogP contribution in [0, 0.1) is 0 Å². The average molecular weight is 200 g/mol. The molecule has 1 saturated heterocycles. The van der Waals surface area contributed by atoms with Crippen LogP contribution in [0.2, 0.25) is 0 Å². The second kappa shape index (κ2) is 7.21. The Morgan fingerprint density at radius 2 is 2.29 bits per heavy atom. The maximum absolute atomic E-state index is 5.56. The number of ether oxygens (including phenoxy) is 1. The van der Waals surface area contributed by atoms with Gasteiger partial charge in [-0.1, -0.05) is 13.3 Å². The van der Waals surface area contributed by atoms with Gasteiger partial charge in [-0.3, -0.25) is 4.90 Å². The van der Waals surface area contributed by atoms with Gasteiger partial charge in [0, 0.05) is 38.8 Å². The predicted molar refractivity (Wildman–Crippen MR) is 59.6 cm³/mol. The van der Waals surface area contributed by atoms with E-state index in [-0.39, 0.29) is 0 Å². The van der Waals surface area contributed by atoms with Gasteiger partial charge in [0.2, 0.25) is 0 Å². The minimum absolute atomic E-state index is 0.665. The lowest BCUT2D eigenvalue weighted by Gasteiger charge is -2.33. The first-order chi connectivity index (χ1) is 6.84. The molecule has 84 valence electrons. The van der Waals surface area contributed by atoms with Gasteiger partial charge in [-0.2, -0.15) is 0 Å². The summed E-state index contributed by atoms with van der Waals surface area (Å²) in [5.41, 5.74) is 0. The largest absolute Gasteiger partial charge is 0.380 e. The van der Waals surface area contributed by atoms with Crippen molar-refractivity contribution in [2.24, 2.45) is 0 Å². The van der Waals surface area contributed by atoms with E-state index in [9.17, 15) is 0 Å². The highest BCUT2D eigenvalue weighted by Crippen LogP contribution is 2.01. The van der Waals surface area contributed by atoms with E-state index in [2.05, 4.69) is 24.1 Å². The summed E-state index contributed by atoms with van der Waals surface area (Å²) < 4.78 is 5.56. The molecule has 1 rings (SSSR count). The van der Waals surface area contributed by atoms with Crippen molar-refractivity contribution in [3.05, 3.63) is 0 Å². The van der Waals surface area contributed by atoms with E-state index in [0.29, 0.717) is 6.04 Å². The van der Waals surface area contributed by atoms with Crippen LogP contribution in [-0.4, -0.2) is 50.3 Å². The molecule has 0 aromatic rings. The molecule has 1 N–H and O–H groups in total. The summed E-state index contributed by atoms with van der Waals surface area (Å²) in [6.07, 6.45) is 2.42. The van der Waals surface area contributed by atoms with E-state index >= 15 is 0 Å². The van der Waals surface area contributed by atoms with Gasteiger partial charge in [0.05, 0.1) is 6.61 Å². The number of rotatable bonds is 6. The molecule has 0 spiro atoms. The quantitative estimate of drug-likeness (QED) is 0.650. The van der Waals surface area contributed by atoms with Crippen LogP contribution in [0.4, 0.5) is 0 Å². The van der Waals surface area contributed by atoms with E-state index in [1.807, 2.05) is 0 Å². The molecule has 0 saturated carbocycles. The zero-order valence-electron chi connectivity index (χ0n) is 9.59. The Balaban J connectivity index is 1.99. The molecular weight excluding hydrogens is 176 g/mol. The summed E-state index contributed by atoms with van der Waals surface area (Å²) in [6, 6.07) is 0.665. The summed E-state index contributed by atoms with van der Waals surface area (Å²) in [7, 11) is 0. The number of unbranched alkanes of at least 4 members (excludes halogenated alkanes) is 1. The molecule has 0 bridgehead atoms. The van der Waals surface area contributed by atoms with Gasteiger partial charge < -0.3 is 10.1 Å². The van der Waals surface area contributed by atoms with Gasteiger partial charge in [0.15, 0.2) is 0 Å². The summed E-state index contributed by atoms with van der Waals surface area (Å²) >= 11 is 0. The Bertz CT molecular complexity index is 141. The van der Waals surface area contributed by atoms with Crippen LogP contribution in [0.5, 0.6) is 0 Å². The summed E-state index contributed by atoms with van der Waals surface area (Å²) in [5.74, 6) is 0. The molecule has 0 radical (unpaired) electrons. The second-order valence-corrected chi connectivity index (χ2v) is 4.06. The Morgan fingerprint density at radius 1 is 1.43 bits per heavy atom. The van der Waals surface area contributed by atoms with E-state index in [1.165, 1.54) is 12.8 Å². The highest BCUT2D eigenvalue weighted by atomic mass is 16.5. The van der Waals surface area contributed by atoms with E-state index in [0.717, 1.165) is 39.4 Å². The van der Waals surface area contributed by atoms with Gasteiger partial charge in [-0.25, -0.2) is 0 Å². The first kappa shape index (κ1) is 12.0. The van der Waals surface area contributed by atoms with Gasteiger partial charge in [-0.15, -0.1) is 0 Å². The van der Waals surface area contributed by atoms with Gasteiger partial charge in [0.25, 0.3) is 0 Å². The fourth-order valence-corrected chi connectivity index (χ4v) is 1.75. The fraction of sp³-hybridized carbons (Fsp3) is 1.00. The average Bonchev–Trinajstić information content (AvgIpc) is 2.20. The van der Waals surface area contributed by atoms with Gasteiger partial charge in [-0.05, 0) is 13.3 Å². The first-order valence-corrected chi connectivity index (χ1v) is 5.87. The summed E-state index contributed by atoms with van der Waals surface area (Å²) in [4.78, 5) is 2.50. The lowest BCUT2D eigenvalue weighted by Crippen LogP contribution is -2.50. The van der Waals surface area contributed by atoms with Crippen molar-refractivity contribution < 1.29 is 4.74 Å². The summed E-state index contributed by atoms with van der Waals surface area (Å²) in [6.45, 7) is 10.8. The molecule has 14 heavy (non-hydrogen) atoms. The fourth-order valence-electron chi connectivity index (χ4n) is 1.75. The van der Waals surface area contributed by atoms with Crippen molar-refractivity contribution in [3.63, 3.8) is 0 Å². The van der Waals surface area contributed by atoms with Crippen molar-refractivity contribution in [1.82, 2.24) is 10.2 Å². The Kier molecular flexibility index (Phi) is 6.15. The Labute approximate surface area is 87.8 Å². The van der Waals surface area contributed by atoms with Crippen LogP contribution in [0.25, 0.3) is 0 Å². The molecule has 1 fully saturated rings. The number of hydrogen-bond acceptors (Lipinski definition) is 3. The minimum atomic E-state index is 0.665. The SMILES string of the molecule is CCCCOCCN1CCNC[C@@H]1C. The highest BCUT2D eigenvalue weighted by Gasteiger charge is 2.16. The highest BCUT2D eigenvalue weighted by molar-refractivity contribution is 4.75. The van der Waals surface area contributed by atoms with Crippen LogP contribution in [0.15, 0.2) is 0 Å². The first-order valence-electron chi connectivity index (χ1n) is 5.87. The van der Waals surface area contributed by atoms with Crippen molar-refractivity contribution in [2.45, 2.75) is 32.7 Å². The Morgan fingerprint density at radius 3 is 3.00 bits per heavy atom. The van der Waals surface area contributed by atoms with E-state index in [4.69, 9.17) is 4.74 Å². The van der Waals surface area contributed by atoms with Crippen molar-refractivity contribution in [3.8, 4) is 0 Å². The molecule has 0 aromatic heterocycles. The van der Waals surface area contributed by atoms with Gasteiger partial charge in [0.1, 0.15) is 0 Å². The monoisotopic (exact) mass is 200 g/mol. The third kappa shape index (κ3) is 4.40. The molecule has 0 aromatic carbocycles. The maximum atomic E-state index is 5.56. The zero-order valence-corrected chi connectivity index (χ0v) is 9.59. The number of nitrogens with one attached hydrogen (secondary N) is 1. The Hall–Kier alpha value is -0.120. The molecule has 1 heterocycles. The second-order valence-electron chi connectivity index (χ2n) is 4.06. The standard InChI is InChI=1S/C11H24N2O/c1-3-4-8-14-9-7-13-6-5-12-10-11(13)2/h11-12H,3-10H2,1-2H3/t11-/m0/s1.